The number of benzene rings is 2. The Morgan fingerprint density at radius 3 is 2.34 bits per heavy atom. The molecule has 0 amide bonds. The fraction of sp³-hybridized carbons (Fsp3) is 0.357. The molecular formula is C28H32ClN5O. The smallest absolute Gasteiger partial charge is 0.266 e. The van der Waals surface area contributed by atoms with Crippen molar-refractivity contribution >= 4 is 28.2 Å². The van der Waals surface area contributed by atoms with E-state index in [1.165, 1.54) is 12.8 Å². The molecule has 0 unspecified atom stereocenters. The summed E-state index contributed by atoms with van der Waals surface area (Å²) < 4.78 is 3.65. The Morgan fingerprint density at radius 1 is 0.771 bits per heavy atom. The Bertz CT molecular complexity index is 1320. The predicted octanol–water partition coefficient (Wildman–Crippen LogP) is 5.22. The third-order valence-corrected chi connectivity index (χ3v) is 7.18. The highest BCUT2D eigenvalue weighted by Crippen LogP contribution is 2.26. The molecule has 1 fully saturated rings. The number of anilines is 1. The molecule has 4 aromatic rings. The first-order valence-corrected chi connectivity index (χ1v) is 12.9. The molecule has 1 aliphatic heterocycles. The first-order valence-electron chi connectivity index (χ1n) is 12.6. The SMILES string of the molecule is O=c1ccc(-n2ccc3ccccc32)nn1CCCCCCN1CCN(c2ccccc2Cl)CC1. The topological polar surface area (TPSA) is 46.3 Å². The lowest BCUT2D eigenvalue weighted by Gasteiger charge is -2.36. The van der Waals surface area contributed by atoms with Gasteiger partial charge in [-0.3, -0.25) is 14.3 Å². The van der Waals surface area contributed by atoms with Gasteiger partial charge in [0.1, 0.15) is 0 Å². The van der Waals surface area contributed by atoms with E-state index in [2.05, 4.69) is 45.2 Å². The molecule has 0 saturated carbocycles. The summed E-state index contributed by atoms with van der Waals surface area (Å²) in [5.74, 6) is 0.779. The maximum absolute atomic E-state index is 12.4. The number of aryl methyl sites for hydroxylation is 1. The lowest BCUT2D eigenvalue weighted by molar-refractivity contribution is 0.251. The largest absolute Gasteiger partial charge is 0.368 e. The normalized spacial score (nSPS) is 14.6. The van der Waals surface area contributed by atoms with Gasteiger partial charge in [0.05, 0.1) is 16.2 Å². The van der Waals surface area contributed by atoms with Crippen LogP contribution in [-0.4, -0.2) is 52.0 Å². The van der Waals surface area contributed by atoms with Crippen molar-refractivity contribution in [2.75, 3.05) is 37.6 Å². The second-order valence-electron chi connectivity index (χ2n) is 9.19. The number of fused-ring (bicyclic) bond motifs is 1. The molecule has 0 N–H and O–H groups in total. The summed E-state index contributed by atoms with van der Waals surface area (Å²) in [4.78, 5) is 17.3. The minimum atomic E-state index is -0.0402. The molecule has 0 spiro atoms. The van der Waals surface area contributed by atoms with Crippen LogP contribution < -0.4 is 10.5 Å². The van der Waals surface area contributed by atoms with Gasteiger partial charge in [-0.25, -0.2) is 4.68 Å². The van der Waals surface area contributed by atoms with Crippen molar-refractivity contribution < 1.29 is 0 Å². The molecule has 0 atom stereocenters. The van der Waals surface area contributed by atoms with Crippen LogP contribution in [0.3, 0.4) is 0 Å². The van der Waals surface area contributed by atoms with E-state index in [-0.39, 0.29) is 5.56 Å². The van der Waals surface area contributed by atoms with Gasteiger partial charge >= 0.3 is 0 Å². The third kappa shape index (κ3) is 5.60. The second kappa shape index (κ2) is 11.1. The van der Waals surface area contributed by atoms with E-state index in [9.17, 15) is 4.79 Å². The number of aromatic nitrogens is 3. The molecule has 6 nitrogen and oxygen atoms in total. The Morgan fingerprint density at radius 2 is 1.51 bits per heavy atom. The number of halogens is 1. The van der Waals surface area contributed by atoms with E-state index < -0.39 is 0 Å². The van der Waals surface area contributed by atoms with Crippen LogP contribution in [0.5, 0.6) is 0 Å². The van der Waals surface area contributed by atoms with Crippen LogP contribution in [0.1, 0.15) is 25.7 Å². The van der Waals surface area contributed by atoms with Gasteiger partial charge in [-0.15, -0.1) is 0 Å². The number of hydrogen-bond donors (Lipinski definition) is 0. The van der Waals surface area contributed by atoms with Crippen molar-refractivity contribution in [1.29, 1.82) is 0 Å². The highest BCUT2D eigenvalue weighted by molar-refractivity contribution is 6.33. The molecule has 1 aliphatic rings. The van der Waals surface area contributed by atoms with Crippen molar-refractivity contribution in [3.8, 4) is 5.82 Å². The molecule has 1 saturated heterocycles. The summed E-state index contributed by atoms with van der Waals surface area (Å²) in [5.41, 5.74) is 2.20. The van der Waals surface area contributed by atoms with E-state index in [1.807, 2.05) is 35.0 Å². The van der Waals surface area contributed by atoms with Gasteiger partial charge < -0.3 is 4.90 Å². The molecule has 2 aromatic heterocycles. The summed E-state index contributed by atoms with van der Waals surface area (Å²) in [6, 6.07) is 21.8. The second-order valence-corrected chi connectivity index (χ2v) is 9.60. The quantitative estimate of drug-likeness (QED) is 0.302. The van der Waals surface area contributed by atoms with Crippen LogP contribution >= 0.6 is 11.6 Å². The molecule has 2 aromatic carbocycles. The molecule has 182 valence electrons. The average molecular weight is 490 g/mol. The predicted molar refractivity (Wildman–Crippen MR) is 144 cm³/mol. The monoisotopic (exact) mass is 489 g/mol. The van der Waals surface area contributed by atoms with Gasteiger partial charge in [0.15, 0.2) is 5.82 Å². The van der Waals surface area contributed by atoms with Crippen molar-refractivity contribution in [2.24, 2.45) is 0 Å². The highest BCUT2D eigenvalue weighted by atomic mass is 35.5. The summed E-state index contributed by atoms with van der Waals surface area (Å²) in [5, 5.41) is 6.64. The first-order chi connectivity index (χ1) is 17.2. The van der Waals surface area contributed by atoms with Crippen LogP contribution in [0.2, 0.25) is 5.02 Å². The van der Waals surface area contributed by atoms with E-state index in [1.54, 1.807) is 16.8 Å². The van der Waals surface area contributed by atoms with Gasteiger partial charge in [0.25, 0.3) is 5.56 Å². The minimum absolute atomic E-state index is 0.0402. The zero-order valence-electron chi connectivity index (χ0n) is 20.0. The Balaban J connectivity index is 1.05. The zero-order valence-corrected chi connectivity index (χ0v) is 20.8. The van der Waals surface area contributed by atoms with Gasteiger partial charge in [-0.05, 0) is 55.1 Å². The maximum atomic E-state index is 12.4. The molecule has 0 aliphatic carbocycles. The van der Waals surface area contributed by atoms with E-state index >= 15 is 0 Å². The van der Waals surface area contributed by atoms with Crippen molar-refractivity contribution in [3.05, 3.63) is 88.3 Å². The Hall–Kier alpha value is -3.09. The average Bonchev–Trinajstić information content (AvgIpc) is 3.32. The standard InChI is InChI=1S/C28H32ClN5O/c29-24-10-4-6-12-26(24)32-21-19-31(20-22-32)16-7-1-2-8-17-34-28(35)14-13-27(30-34)33-18-15-23-9-3-5-11-25(23)33/h3-6,9-15,18H,1-2,7-8,16-17,19-22H2. The molecule has 0 radical (unpaired) electrons. The van der Waals surface area contributed by atoms with E-state index in [4.69, 9.17) is 11.6 Å². The van der Waals surface area contributed by atoms with Crippen LogP contribution in [-0.2, 0) is 6.54 Å². The van der Waals surface area contributed by atoms with Crippen molar-refractivity contribution in [2.45, 2.75) is 32.2 Å². The highest BCUT2D eigenvalue weighted by Gasteiger charge is 2.18. The zero-order chi connectivity index (χ0) is 24.0. The number of rotatable bonds is 9. The summed E-state index contributed by atoms with van der Waals surface area (Å²) in [6.07, 6.45) is 6.43. The van der Waals surface area contributed by atoms with Gasteiger partial charge in [0.2, 0.25) is 0 Å². The number of para-hydroxylation sites is 2. The van der Waals surface area contributed by atoms with Gasteiger partial charge in [-0.2, -0.15) is 5.10 Å². The Labute approximate surface area is 211 Å². The van der Waals surface area contributed by atoms with E-state index in [0.29, 0.717) is 6.54 Å². The molecule has 35 heavy (non-hydrogen) atoms. The summed E-state index contributed by atoms with van der Waals surface area (Å²) in [6.45, 7) is 5.97. The third-order valence-electron chi connectivity index (χ3n) is 6.86. The Kier molecular flexibility index (Phi) is 7.50. The minimum Gasteiger partial charge on any atom is -0.368 e. The number of hydrogen-bond acceptors (Lipinski definition) is 4. The molecule has 7 heteroatoms. The first kappa shape index (κ1) is 23.6. The fourth-order valence-corrected chi connectivity index (χ4v) is 5.14. The molecule has 5 rings (SSSR count). The number of nitrogens with zero attached hydrogens (tertiary/aromatic N) is 5. The maximum Gasteiger partial charge on any atom is 0.266 e. The number of piperazine rings is 1. The molecular weight excluding hydrogens is 458 g/mol. The summed E-state index contributed by atoms with van der Waals surface area (Å²) >= 11 is 6.36. The lowest BCUT2D eigenvalue weighted by Crippen LogP contribution is -2.46. The number of unbranched alkanes of at least 4 members (excludes halogenated alkanes) is 3. The molecule has 3 heterocycles. The van der Waals surface area contributed by atoms with Crippen LogP contribution in [0, 0.1) is 0 Å². The van der Waals surface area contributed by atoms with E-state index in [0.717, 1.165) is 73.0 Å². The summed E-state index contributed by atoms with van der Waals surface area (Å²) in [7, 11) is 0. The van der Waals surface area contributed by atoms with Crippen LogP contribution in [0.4, 0.5) is 5.69 Å². The lowest BCUT2D eigenvalue weighted by atomic mass is 10.1. The van der Waals surface area contributed by atoms with Crippen molar-refractivity contribution in [1.82, 2.24) is 19.2 Å². The van der Waals surface area contributed by atoms with Crippen molar-refractivity contribution in [3.63, 3.8) is 0 Å². The fourth-order valence-electron chi connectivity index (χ4n) is 4.88. The molecule has 0 bridgehead atoms. The van der Waals surface area contributed by atoms with Gasteiger partial charge in [0, 0.05) is 45.0 Å². The van der Waals surface area contributed by atoms with Crippen LogP contribution in [0.15, 0.2) is 77.7 Å². The van der Waals surface area contributed by atoms with Gasteiger partial charge in [-0.1, -0.05) is 54.8 Å². The van der Waals surface area contributed by atoms with Crippen LogP contribution in [0.25, 0.3) is 16.7 Å².